The Hall–Kier alpha value is -0.610. The van der Waals surface area contributed by atoms with Crippen LogP contribution in [0.4, 0.5) is 5.69 Å². The highest BCUT2D eigenvalue weighted by molar-refractivity contribution is 9.10. The van der Waals surface area contributed by atoms with Gasteiger partial charge in [-0.05, 0) is 35.8 Å². The quantitative estimate of drug-likeness (QED) is 0.745. The van der Waals surface area contributed by atoms with Gasteiger partial charge in [-0.2, -0.15) is 0 Å². The summed E-state index contributed by atoms with van der Waals surface area (Å²) in [6.07, 6.45) is 3.67. The molecule has 4 heteroatoms. The van der Waals surface area contributed by atoms with Crippen molar-refractivity contribution < 1.29 is 4.74 Å². The summed E-state index contributed by atoms with van der Waals surface area (Å²) in [4.78, 5) is 6.40. The van der Waals surface area contributed by atoms with Crippen LogP contribution in [0.5, 0.6) is 0 Å². The average Bonchev–Trinajstić information content (AvgIpc) is 2.24. The second kappa shape index (κ2) is 6.80. The van der Waals surface area contributed by atoms with Gasteiger partial charge in [-0.1, -0.05) is 0 Å². The Morgan fingerprint density at radius 1 is 1.40 bits per heavy atom. The first-order valence-electron chi connectivity index (χ1n) is 5.21. The number of likely N-dealkylation sites (N-methyl/N-ethyl adjacent to an activating group) is 1. The van der Waals surface area contributed by atoms with E-state index in [-0.39, 0.29) is 0 Å². The highest BCUT2D eigenvalue weighted by Crippen LogP contribution is 2.17. The number of ether oxygens (including phenoxy) is 1. The van der Waals surface area contributed by atoms with E-state index >= 15 is 0 Å². The molecule has 0 aliphatic carbocycles. The third-order valence-corrected chi connectivity index (χ3v) is 2.58. The highest BCUT2D eigenvalue weighted by Gasteiger charge is 2.04. The molecule has 0 amide bonds. The van der Waals surface area contributed by atoms with Crippen molar-refractivity contribution in [1.82, 2.24) is 4.98 Å². The van der Waals surface area contributed by atoms with E-state index in [4.69, 9.17) is 4.74 Å². The van der Waals surface area contributed by atoms with Crippen molar-refractivity contribution >= 4 is 21.6 Å². The van der Waals surface area contributed by atoms with Crippen LogP contribution in [0.1, 0.15) is 13.8 Å². The maximum Gasteiger partial charge on any atom is 0.0641 e. The first-order chi connectivity index (χ1) is 7.27. The summed E-state index contributed by atoms with van der Waals surface area (Å²) in [6, 6.07) is 2.07. The van der Waals surface area contributed by atoms with Crippen LogP contribution < -0.4 is 4.90 Å². The fraction of sp³-hybridized carbons (Fsp3) is 0.545. The van der Waals surface area contributed by atoms with Gasteiger partial charge in [0.25, 0.3) is 0 Å². The van der Waals surface area contributed by atoms with Gasteiger partial charge in [-0.25, -0.2) is 0 Å². The molecule has 0 atom stereocenters. The van der Waals surface area contributed by atoms with Crippen molar-refractivity contribution in [2.75, 3.05) is 31.2 Å². The highest BCUT2D eigenvalue weighted by atomic mass is 79.9. The van der Waals surface area contributed by atoms with E-state index in [1.54, 1.807) is 6.20 Å². The number of halogens is 1. The monoisotopic (exact) mass is 272 g/mol. The largest absolute Gasteiger partial charge is 0.380 e. The number of aromatic nitrogens is 1. The van der Waals surface area contributed by atoms with Crippen LogP contribution >= 0.6 is 15.9 Å². The van der Waals surface area contributed by atoms with Gasteiger partial charge in [0.2, 0.25) is 0 Å². The number of rotatable bonds is 6. The molecule has 1 heterocycles. The molecule has 1 aromatic rings. The predicted molar refractivity (Wildman–Crippen MR) is 66.3 cm³/mol. The predicted octanol–water partition coefficient (Wildman–Crippen LogP) is 2.71. The van der Waals surface area contributed by atoms with E-state index in [1.165, 1.54) is 0 Å². The molecule has 84 valence electrons. The van der Waals surface area contributed by atoms with Crippen LogP contribution in [0.25, 0.3) is 0 Å². The number of anilines is 1. The fourth-order valence-electron chi connectivity index (χ4n) is 1.36. The molecule has 1 aromatic heterocycles. The second-order valence-corrected chi connectivity index (χ2v) is 4.05. The molecule has 15 heavy (non-hydrogen) atoms. The van der Waals surface area contributed by atoms with Crippen molar-refractivity contribution in [3.05, 3.63) is 22.9 Å². The Kier molecular flexibility index (Phi) is 5.65. The van der Waals surface area contributed by atoms with Crippen LogP contribution in [-0.4, -0.2) is 31.3 Å². The molecule has 3 nitrogen and oxygen atoms in total. The first-order valence-corrected chi connectivity index (χ1v) is 6.00. The van der Waals surface area contributed by atoms with Gasteiger partial charge in [0, 0.05) is 30.4 Å². The summed E-state index contributed by atoms with van der Waals surface area (Å²) >= 11 is 3.42. The minimum absolute atomic E-state index is 0.761. The fourth-order valence-corrected chi connectivity index (χ4v) is 1.72. The van der Waals surface area contributed by atoms with Gasteiger partial charge in [0.15, 0.2) is 0 Å². The Labute approximate surface area is 99.6 Å². The topological polar surface area (TPSA) is 25.4 Å². The number of pyridine rings is 1. The minimum Gasteiger partial charge on any atom is -0.380 e. The summed E-state index contributed by atoms with van der Waals surface area (Å²) in [5.74, 6) is 0. The zero-order valence-corrected chi connectivity index (χ0v) is 10.8. The van der Waals surface area contributed by atoms with Crippen LogP contribution in [0, 0.1) is 0 Å². The lowest BCUT2D eigenvalue weighted by Crippen LogP contribution is -2.27. The molecule has 0 aliphatic heterocycles. The molecule has 0 spiro atoms. The molecule has 0 bridgehead atoms. The molecule has 1 rings (SSSR count). The SMILES string of the molecule is CCOCCN(CC)c1cncc(Br)c1. The number of nitrogens with zero attached hydrogens (tertiary/aromatic N) is 2. The van der Waals surface area contributed by atoms with Crippen molar-refractivity contribution in [2.45, 2.75) is 13.8 Å². The van der Waals surface area contributed by atoms with E-state index in [0.717, 1.165) is 36.5 Å². The lowest BCUT2D eigenvalue weighted by atomic mass is 10.3. The van der Waals surface area contributed by atoms with Crippen molar-refractivity contribution in [1.29, 1.82) is 0 Å². The van der Waals surface area contributed by atoms with Crippen molar-refractivity contribution in [2.24, 2.45) is 0 Å². The zero-order valence-electron chi connectivity index (χ0n) is 9.24. The average molecular weight is 273 g/mol. The Bertz CT molecular complexity index is 294. The summed E-state index contributed by atoms with van der Waals surface area (Å²) < 4.78 is 6.35. The molecule has 0 radical (unpaired) electrons. The maximum atomic E-state index is 5.34. The third kappa shape index (κ3) is 4.18. The molecule has 0 saturated heterocycles. The molecule has 0 aliphatic rings. The summed E-state index contributed by atoms with van der Waals surface area (Å²) in [5.41, 5.74) is 1.13. The van der Waals surface area contributed by atoms with Gasteiger partial charge >= 0.3 is 0 Å². The lowest BCUT2D eigenvalue weighted by molar-refractivity contribution is 0.154. The van der Waals surface area contributed by atoms with Gasteiger partial charge in [-0.15, -0.1) is 0 Å². The normalized spacial score (nSPS) is 10.3. The van der Waals surface area contributed by atoms with Crippen molar-refractivity contribution in [3.8, 4) is 0 Å². The maximum absolute atomic E-state index is 5.34. The molecule has 0 unspecified atom stereocenters. The Balaban J connectivity index is 2.57. The first kappa shape index (κ1) is 12.5. The summed E-state index contributed by atoms with van der Waals surface area (Å²) in [5, 5.41) is 0. The van der Waals surface area contributed by atoms with E-state index in [2.05, 4.69) is 38.8 Å². The third-order valence-electron chi connectivity index (χ3n) is 2.15. The zero-order chi connectivity index (χ0) is 11.1. The Morgan fingerprint density at radius 3 is 2.80 bits per heavy atom. The van der Waals surface area contributed by atoms with E-state index in [0.29, 0.717) is 0 Å². The van der Waals surface area contributed by atoms with Crippen LogP contribution in [0.15, 0.2) is 22.9 Å². The summed E-state index contributed by atoms with van der Waals surface area (Å²) in [6.45, 7) is 7.54. The molecule has 0 N–H and O–H groups in total. The lowest BCUT2D eigenvalue weighted by Gasteiger charge is -2.22. The molecule has 0 saturated carbocycles. The van der Waals surface area contributed by atoms with Crippen LogP contribution in [0.3, 0.4) is 0 Å². The van der Waals surface area contributed by atoms with Gasteiger partial charge in [-0.3, -0.25) is 4.98 Å². The minimum atomic E-state index is 0.761. The number of hydrogen-bond donors (Lipinski definition) is 0. The van der Waals surface area contributed by atoms with Gasteiger partial charge in [0.1, 0.15) is 0 Å². The van der Waals surface area contributed by atoms with Crippen molar-refractivity contribution in [3.63, 3.8) is 0 Å². The number of hydrogen-bond acceptors (Lipinski definition) is 3. The smallest absolute Gasteiger partial charge is 0.0641 e. The molecule has 0 fully saturated rings. The second-order valence-electron chi connectivity index (χ2n) is 3.14. The van der Waals surface area contributed by atoms with Crippen LogP contribution in [0.2, 0.25) is 0 Å². The van der Waals surface area contributed by atoms with E-state index < -0.39 is 0 Å². The molecular weight excluding hydrogens is 256 g/mol. The standard InChI is InChI=1S/C11H17BrN2O/c1-3-14(5-6-15-4-2)11-7-10(12)8-13-9-11/h7-9H,3-6H2,1-2H3. The van der Waals surface area contributed by atoms with E-state index in [1.807, 2.05) is 13.1 Å². The van der Waals surface area contributed by atoms with E-state index in [9.17, 15) is 0 Å². The Morgan fingerprint density at radius 2 is 2.20 bits per heavy atom. The van der Waals surface area contributed by atoms with Crippen LogP contribution in [-0.2, 0) is 4.74 Å². The van der Waals surface area contributed by atoms with Gasteiger partial charge < -0.3 is 9.64 Å². The summed E-state index contributed by atoms with van der Waals surface area (Å²) in [7, 11) is 0. The van der Waals surface area contributed by atoms with Gasteiger partial charge in [0.05, 0.1) is 18.5 Å². The molecular formula is C11H17BrN2O. The molecule has 0 aromatic carbocycles.